The first-order valence-electron chi connectivity index (χ1n) is 29.2. The number of methoxy groups -OCH3 is 1. The molecule has 11 aromatic carbocycles. The molecule has 0 amide bonds. The lowest BCUT2D eigenvalue weighted by molar-refractivity contribution is -0.139. The second kappa shape index (κ2) is 35.1. The Kier molecular flexibility index (Phi) is 26.1. The number of aryl methyl sites for hydroxylation is 2. The summed E-state index contributed by atoms with van der Waals surface area (Å²) in [6.07, 6.45) is -5.90. The number of rotatable bonds is 12. The van der Waals surface area contributed by atoms with Crippen LogP contribution >= 0.6 is 0 Å². The summed E-state index contributed by atoms with van der Waals surface area (Å²) in [5.74, 6) is 2.52. The number of para-hydroxylation sites is 5. The zero-order valence-corrected chi connectivity index (χ0v) is 52.3. The molecule has 20 heteroatoms. The van der Waals surface area contributed by atoms with Crippen LogP contribution in [0.2, 0.25) is 0 Å². The number of halogens is 7. The van der Waals surface area contributed by atoms with Crippen molar-refractivity contribution < 1.29 is 89.8 Å². The first-order chi connectivity index (χ1) is 46.4. The van der Waals surface area contributed by atoms with Crippen LogP contribution < -0.4 is 28.4 Å². The number of aromatic nitrogens is 1. The monoisotopic (exact) mass is 1330 g/mol. The molecule has 1 heterocycles. The Labute approximate surface area is 554 Å². The van der Waals surface area contributed by atoms with E-state index in [2.05, 4.69) is 4.98 Å². The van der Waals surface area contributed by atoms with E-state index >= 15 is 0 Å². The number of phenolic OH excluding ortho intramolecular Hbond substituents is 5. The highest BCUT2D eigenvalue weighted by Gasteiger charge is 2.35. The number of benzene rings is 11. The lowest BCUT2D eigenvalue weighted by atomic mass is 10.1. The normalized spacial score (nSPS) is 10.5. The summed E-state index contributed by atoms with van der Waals surface area (Å²) in [5.41, 5.74) is 3.02. The van der Waals surface area contributed by atoms with Crippen LogP contribution in [0, 0.1) is 26.6 Å². The van der Waals surface area contributed by atoms with Gasteiger partial charge in [-0.3, -0.25) is 4.98 Å². The van der Waals surface area contributed by atoms with Crippen molar-refractivity contribution in [1.82, 2.24) is 4.98 Å². The molecule has 0 radical (unpaired) electrons. The topological polar surface area (TPSA) is 190 Å². The molecule has 0 aliphatic rings. The third-order valence-corrected chi connectivity index (χ3v) is 13.2. The minimum Gasteiger partial charge on any atom is -0.508 e. The number of pyridine rings is 1. The summed E-state index contributed by atoms with van der Waals surface area (Å²) < 4.78 is 121. The molecule has 13 nitrogen and oxygen atoms in total. The van der Waals surface area contributed by atoms with E-state index in [-0.39, 0.29) is 40.2 Å². The van der Waals surface area contributed by atoms with Crippen LogP contribution in [-0.2, 0) is 12.4 Å². The van der Waals surface area contributed by atoms with E-state index < -0.39 is 46.5 Å². The van der Waals surface area contributed by atoms with Crippen LogP contribution in [0.5, 0.6) is 97.7 Å². The van der Waals surface area contributed by atoms with Crippen LogP contribution in [0.25, 0.3) is 11.1 Å². The maximum absolute atomic E-state index is 13.3. The van der Waals surface area contributed by atoms with E-state index in [0.29, 0.717) is 34.8 Å². The lowest BCUT2D eigenvalue weighted by Crippen LogP contribution is -2.06. The highest BCUT2D eigenvalue weighted by Crippen LogP contribution is 2.41. The second-order valence-corrected chi connectivity index (χ2v) is 20.6. The number of ether oxygens (including phenoxy) is 6. The Balaban J connectivity index is 0.000000165. The van der Waals surface area contributed by atoms with Crippen molar-refractivity contribution in [2.45, 2.75) is 33.1 Å². The van der Waals surface area contributed by atoms with Gasteiger partial charge in [0.2, 0.25) is 5.82 Å². The smallest absolute Gasteiger partial charge is 0.419 e. The van der Waals surface area contributed by atoms with Gasteiger partial charge >= 0.3 is 12.4 Å². The average Bonchev–Trinajstić information content (AvgIpc) is 0.854. The van der Waals surface area contributed by atoms with Crippen molar-refractivity contribution in [3.05, 3.63) is 313 Å². The van der Waals surface area contributed by atoms with Gasteiger partial charge in [0.15, 0.2) is 11.5 Å². The molecule has 6 N–H and O–H groups in total. The quantitative estimate of drug-likeness (QED) is 0.0635. The Morgan fingerprint density at radius 2 is 0.742 bits per heavy atom. The van der Waals surface area contributed by atoms with E-state index in [9.17, 15) is 61.4 Å². The largest absolute Gasteiger partial charge is 0.508 e. The van der Waals surface area contributed by atoms with Gasteiger partial charge in [0.1, 0.15) is 86.2 Å². The first-order valence-corrected chi connectivity index (χ1v) is 29.2. The van der Waals surface area contributed by atoms with Crippen LogP contribution in [0.4, 0.5) is 30.7 Å². The van der Waals surface area contributed by atoms with E-state index in [1.54, 1.807) is 91.1 Å². The van der Waals surface area contributed by atoms with Gasteiger partial charge in [-0.1, -0.05) is 127 Å². The summed E-state index contributed by atoms with van der Waals surface area (Å²) >= 11 is 0. The molecule has 0 bridgehead atoms. The van der Waals surface area contributed by atoms with E-state index in [4.69, 9.17) is 28.4 Å². The number of phenols is 5. The van der Waals surface area contributed by atoms with Crippen LogP contribution in [0.3, 0.4) is 0 Å². The summed E-state index contributed by atoms with van der Waals surface area (Å²) in [6.45, 7) is 5.78. The van der Waals surface area contributed by atoms with Gasteiger partial charge < -0.3 is 59.1 Å². The molecule has 0 aliphatic heterocycles. The Bertz CT molecular complexity index is 4360. The predicted molar refractivity (Wildman–Crippen MR) is 355 cm³/mol. The van der Waals surface area contributed by atoms with Crippen molar-refractivity contribution in [3.8, 4) is 109 Å². The standard InChI is InChI=1S/C14H14O2.2C13H9F3O2.C13H11FO3.C13H12O2.C11H9NO/c1-10-8-13(9-14(15)11(10)2)16-12-6-4-3-5-7-12;14-13(15,16)9-6-10(17)8-12(7-9)18-11-4-2-1-3-5-11;14-13(15,16)11-7-6-9(17)8-12(11)18-10-4-2-1-3-5-10;1-16-12-8-10(7-11(15)13(12)14)17-9-5-3-2-4-6-9;1-10-7-8-11(14)9-13(10)15-12-5-3-2-4-6-12;13-11-6-10(7-12-8-11)9-4-2-1-3-5-9/h3-9,15H,1-2H3;2*1-8,17H;2-8,15H,1H3;2-9,14H,1H3;1-8,13H. The van der Waals surface area contributed by atoms with E-state index in [1.165, 1.54) is 37.6 Å². The lowest BCUT2D eigenvalue weighted by Gasteiger charge is -2.13. The van der Waals surface area contributed by atoms with Gasteiger partial charge in [-0.15, -0.1) is 0 Å². The minimum absolute atomic E-state index is 0.0593. The molecule has 12 rings (SSSR count). The van der Waals surface area contributed by atoms with Crippen molar-refractivity contribution in [3.63, 3.8) is 0 Å². The van der Waals surface area contributed by atoms with Crippen LogP contribution in [0.15, 0.2) is 279 Å². The number of aromatic hydroxyl groups is 6. The Morgan fingerprint density at radius 3 is 1.20 bits per heavy atom. The number of hydrogen-bond donors (Lipinski definition) is 6. The molecule has 12 aromatic rings. The predicted octanol–water partition coefficient (Wildman–Crippen LogP) is 21.5. The fraction of sp³-hybridized carbons (Fsp3) is 0.0779. The number of alkyl halides is 6. The third-order valence-electron chi connectivity index (χ3n) is 13.2. The summed E-state index contributed by atoms with van der Waals surface area (Å²) in [7, 11) is 1.32. The Hall–Kier alpha value is -12.3. The zero-order valence-electron chi connectivity index (χ0n) is 52.3. The number of hydrogen-bond acceptors (Lipinski definition) is 13. The van der Waals surface area contributed by atoms with Crippen molar-refractivity contribution in [2.24, 2.45) is 0 Å². The fourth-order valence-corrected chi connectivity index (χ4v) is 8.29. The Morgan fingerprint density at radius 1 is 0.320 bits per heavy atom. The molecule has 0 aliphatic carbocycles. The van der Waals surface area contributed by atoms with Crippen molar-refractivity contribution >= 4 is 0 Å². The molecule has 0 atom stereocenters. The molecule has 0 unspecified atom stereocenters. The maximum Gasteiger partial charge on any atom is 0.419 e. The molecular formula is C77H64F7NO12. The molecule has 498 valence electrons. The van der Waals surface area contributed by atoms with E-state index in [1.807, 2.05) is 142 Å². The minimum atomic E-state index is -4.53. The van der Waals surface area contributed by atoms with Gasteiger partial charge in [-0.2, -0.15) is 30.7 Å². The highest BCUT2D eigenvalue weighted by molar-refractivity contribution is 5.63. The molecule has 0 spiro atoms. The van der Waals surface area contributed by atoms with Gasteiger partial charge in [0, 0.05) is 48.2 Å². The third kappa shape index (κ3) is 23.6. The van der Waals surface area contributed by atoms with Gasteiger partial charge in [0.25, 0.3) is 0 Å². The summed E-state index contributed by atoms with van der Waals surface area (Å²) in [6, 6.07) is 72.5. The van der Waals surface area contributed by atoms with Crippen molar-refractivity contribution in [1.29, 1.82) is 0 Å². The zero-order chi connectivity index (χ0) is 69.9. The fourth-order valence-electron chi connectivity index (χ4n) is 8.29. The average molecular weight is 1330 g/mol. The second-order valence-electron chi connectivity index (χ2n) is 20.6. The molecular weight excluding hydrogens is 1260 g/mol. The summed E-state index contributed by atoms with van der Waals surface area (Å²) in [5, 5.41) is 56.1. The first kappa shape index (κ1) is 72.1. The molecule has 1 aromatic heterocycles. The van der Waals surface area contributed by atoms with Crippen LogP contribution in [0.1, 0.15) is 27.8 Å². The highest BCUT2D eigenvalue weighted by atomic mass is 19.4. The summed E-state index contributed by atoms with van der Waals surface area (Å²) in [4.78, 5) is 3.91. The number of nitrogens with zero attached hydrogens (tertiary/aromatic N) is 1. The van der Waals surface area contributed by atoms with Crippen LogP contribution in [-0.4, -0.2) is 42.7 Å². The van der Waals surface area contributed by atoms with Crippen molar-refractivity contribution in [2.75, 3.05) is 7.11 Å². The molecule has 0 saturated carbocycles. The molecule has 0 fully saturated rings. The van der Waals surface area contributed by atoms with E-state index in [0.717, 1.165) is 69.6 Å². The van der Waals surface area contributed by atoms with Gasteiger partial charge in [-0.05, 0) is 146 Å². The van der Waals surface area contributed by atoms with Gasteiger partial charge in [-0.25, -0.2) is 0 Å². The molecule has 0 saturated heterocycles. The maximum atomic E-state index is 13.3. The van der Waals surface area contributed by atoms with Gasteiger partial charge in [0.05, 0.1) is 24.4 Å². The molecule has 97 heavy (non-hydrogen) atoms. The SMILES string of the molecule is COc1cc(Oc2ccccc2)cc(O)c1F.Cc1cc(Oc2ccccc2)cc(O)c1C.Cc1ccc(O)cc1Oc1ccccc1.Oc1cc(Oc2ccccc2)cc(C(F)(F)F)c1.Oc1ccc(C(F)(F)F)c(Oc2ccccc2)c1.Oc1cncc(-c2ccccc2)c1.